The number of ether oxygens (including phenoxy) is 2. The average molecular weight is 254 g/mol. The van der Waals surface area contributed by atoms with Gasteiger partial charge in [-0.05, 0) is 35.2 Å². The normalized spacial score (nSPS) is 23.4. The molecule has 0 saturated carbocycles. The molecule has 1 N–H and O–H groups in total. The van der Waals surface area contributed by atoms with Crippen molar-refractivity contribution in [3.05, 3.63) is 59.2 Å². The van der Waals surface area contributed by atoms with E-state index >= 15 is 0 Å². The van der Waals surface area contributed by atoms with Gasteiger partial charge < -0.3 is 14.6 Å². The zero-order chi connectivity index (χ0) is 12.8. The van der Waals surface area contributed by atoms with Gasteiger partial charge >= 0.3 is 0 Å². The highest BCUT2D eigenvalue weighted by atomic mass is 16.7. The summed E-state index contributed by atoms with van der Waals surface area (Å²) in [5.74, 6) is 1.84. The Morgan fingerprint density at radius 2 is 1.74 bits per heavy atom. The zero-order valence-electron chi connectivity index (χ0n) is 10.4. The lowest BCUT2D eigenvalue weighted by atomic mass is 9.93. The molecule has 2 aromatic carbocycles. The third-order valence-corrected chi connectivity index (χ3v) is 3.99. The Morgan fingerprint density at radius 1 is 0.947 bits per heavy atom. The summed E-state index contributed by atoms with van der Waals surface area (Å²) >= 11 is 0. The van der Waals surface area contributed by atoms with Gasteiger partial charge in [-0.25, -0.2) is 0 Å². The van der Waals surface area contributed by atoms with Crippen LogP contribution in [0, 0.1) is 0 Å². The van der Waals surface area contributed by atoms with Crippen LogP contribution in [0.4, 0.5) is 0 Å². The molecule has 0 radical (unpaired) electrons. The second-order valence-electron chi connectivity index (χ2n) is 5.05. The van der Waals surface area contributed by atoms with Gasteiger partial charge in [0.2, 0.25) is 6.79 Å². The SMILES string of the molecule is OC1CC(c2ccc3c(c2)OCO3)c2ccccc21. The van der Waals surface area contributed by atoms with E-state index in [0.717, 1.165) is 23.5 Å². The minimum atomic E-state index is -0.369. The molecule has 19 heavy (non-hydrogen) atoms. The number of hydrogen-bond acceptors (Lipinski definition) is 3. The molecule has 0 spiro atoms. The van der Waals surface area contributed by atoms with Crippen molar-refractivity contribution in [2.24, 2.45) is 0 Å². The quantitative estimate of drug-likeness (QED) is 0.850. The molecule has 2 aliphatic rings. The van der Waals surface area contributed by atoms with Gasteiger partial charge in [0, 0.05) is 5.92 Å². The van der Waals surface area contributed by atoms with Gasteiger partial charge in [-0.2, -0.15) is 0 Å². The first-order valence-electron chi connectivity index (χ1n) is 6.49. The van der Waals surface area contributed by atoms with Crippen molar-refractivity contribution in [2.45, 2.75) is 18.4 Å². The molecule has 2 unspecified atom stereocenters. The Labute approximate surface area is 111 Å². The molecular formula is C16H14O3. The van der Waals surface area contributed by atoms with E-state index in [1.807, 2.05) is 30.3 Å². The summed E-state index contributed by atoms with van der Waals surface area (Å²) in [4.78, 5) is 0. The molecular weight excluding hydrogens is 240 g/mol. The van der Waals surface area contributed by atoms with Crippen molar-refractivity contribution in [3.8, 4) is 11.5 Å². The first-order chi connectivity index (χ1) is 9.33. The van der Waals surface area contributed by atoms with E-state index in [1.54, 1.807) is 0 Å². The van der Waals surface area contributed by atoms with Crippen LogP contribution in [0.15, 0.2) is 42.5 Å². The zero-order valence-corrected chi connectivity index (χ0v) is 10.4. The number of benzene rings is 2. The minimum absolute atomic E-state index is 0.237. The van der Waals surface area contributed by atoms with E-state index < -0.39 is 0 Å². The van der Waals surface area contributed by atoms with Crippen LogP contribution in [0.2, 0.25) is 0 Å². The molecule has 1 aliphatic heterocycles. The van der Waals surface area contributed by atoms with Crippen LogP contribution >= 0.6 is 0 Å². The second kappa shape index (κ2) is 4.00. The van der Waals surface area contributed by atoms with Gasteiger partial charge in [0.15, 0.2) is 11.5 Å². The lowest BCUT2D eigenvalue weighted by molar-refractivity contribution is 0.173. The van der Waals surface area contributed by atoms with Gasteiger partial charge in [-0.3, -0.25) is 0 Å². The van der Waals surface area contributed by atoms with Gasteiger partial charge in [0.1, 0.15) is 0 Å². The number of rotatable bonds is 1. The van der Waals surface area contributed by atoms with Crippen LogP contribution in [-0.2, 0) is 0 Å². The van der Waals surface area contributed by atoms with Crippen molar-refractivity contribution < 1.29 is 14.6 Å². The summed E-state index contributed by atoms with van der Waals surface area (Å²) in [5.41, 5.74) is 3.44. The molecule has 0 aromatic heterocycles. The Balaban J connectivity index is 1.78. The van der Waals surface area contributed by atoms with Gasteiger partial charge in [0.25, 0.3) is 0 Å². The average Bonchev–Trinajstić information content (AvgIpc) is 3.03. The van der Waals surface area contributed by atoms with E-state index in [0.29, 0.717) is 6.79 Å². The third-order valence-electron chi connectivity index (χ3n) is 3.99. The summed E-state index contributed by atoms with van der Waals surface area (Å²) in [6.07, 6.45) is 0.366. The molecule has 2 aromatic rings. The number of aliphatic hydroxyl groups is 1. The van der Waals surface area contributed by atoms with Crippen molar-refractivity contribution in [2.75, 3.05) is 6.79 Å². The lowest BCUT2D eigenvalue weighted by Gasteiger charge is -2.12. The molecule has 0 saturated heterocycles. The molecule has 0 bridgehead atoms. The van der Waals surface area contributed by atoms with E-state index in [9.17, 15) is 5.11 Å². The molecule has 0 fully saturated rings. The highest BCUT2D eigenvalue weighted by Crippen LogP contribution is 2.45. The fourth-order valence-electron chi connectivity index (χ4n) is 3.05. The number of fused-ring (bicyclic) bond motifs is 2. The largest absolute Gasteiger partial charge is 0.454 e. The fourth-order valence-corrected chi connectivity index (χ4v) is 3.05. The van der Waals surface area contributed by atoms with Crippen LogP contribution in [0.1, 0.15) is 35.1 Å². The van der Waals surface area contributed by atoms with Crippen molar-refractivity contribution in [1.82, 2.24) is 0 Å². The first kappa shape index (κ1) is 10.9. The fraction of sp³-hybridized carbons (Fsp3) is 0.250. The highest BCUT2D eigenvalue weighted by Gasteiger charge is 2.31. The van der Waals surface area contributed by atoms with E-state index in [-0.39, 0.29) is 12.0 Å². The highest BCUT2D eigenvalue weighted by molar-refractivity contribution is 5.50. The summed E-state index contributed by atoms with van der Waals surface area (Å²) in [5, 5.41) is 10.2. The smallest absolute Gasteiger partial charge is 0.231 e. The van der Waals surface area contributed by atoms with Crippen molar-refractivity contribution >= 4 is 0 Å². The van der Waals surface area contributed by atoms with Gasteiger partial charge in [0.05, 0.1) is 6.10 Å². The molecule has 1 heterocycles. The Bertz CT molecular complexity index is 636. The molecule has 2 atom stereocenters. The van der Waals surface area contributed by atoms with Gasteiger partial charge in [-0.1, -0.05) is 30.3 Å². The topological polar surface area (TPSA) is 38.7 Å². The summed E-state index contributed by atoms with van der Waals surface area (Å²) < 4.78 is 10.8. The predicted molar refractivity (Wildman–Crippen MR) is 70.4 cm³/mol. The predicted octanol–water partition coefficient (Wildman–Crippen LogP) is 2.98. The van der Waals surface area contributed by atoms with Crippen molar-refractivity contribution in [1.29, 1.82) is 0 Å². The van der Waals surface area contributed by atoms with Crippen LogP contribution in [0.3, 0.4) is 0 Å². The molecule has 3 heteroatoms. The van der Waals surface area contributed by atoms with Gasteiger partial charge in [-0.15, -0.1) is 0 Å². The van der Waals surface area contributed by atoms with Crippen molar-refractivity contribution in [3.63, 3.8) is 0 Å². The molecule has 96 valence electrons. The summed E-state index contributed by atoms with van der Waals surface area (Å²) in [7, 11) is 0. The molecule has 4 rings (SSSR count). The van der Waals surface area contributed by atoms with Crippen LogP contribution in [0.5, 0.6) is 11.5 Å². The maximum absolute atomic E-state index is 10.2. The Kier molecular flexibility index (Phi) is 2.29. The van der Waals surface area contributed by atoms with Crippen LogP contribution in [0.25, 0.3) is 0 Å². The van der Waals surface area contributed by atoms with E-state index in [1.165, 1.54) is 11.1 Å². The van der Waals surface area contributed by atoms with E-state index in [4.69, 9.17) is 9.47 Å². The summed E-state index contributed by atoms with van der Waals surface area (Å²) in [6.45, 7) is 0.294. The molecule has 3 nitrogen and oxygen atoms in total. The van der Waals surface area contributed by atoms with Crippen LogP contribution in [-0.4, -0.2) is 11.9 Å². The Morgan fingerprint density at radius 3 is 2.63 bits per heavy atom. The van der Waals surface area contributed by atoms with E-state index in [2.05, 4.69) is 12.1 Å². The minimum Gasteiger partial charge on any atom is -0.454 e. The second-order valence-corrected chi connectivity index (χ2v) is 5.05. The number of hydrogen-bond donors (Lipinski definition) is 1. The lowest BCUT2D eigenvalue weighted by Crippen LogP contribution is -1.96. The maximum Gasteiger partial charge on any atom is 0.231 e. The molecule has 0 amide bonds. The first-order valence-corrected chi connectivity index (χ1v) is 6.49. The monoisotopic (exact) mass is 254 g/mol. The third kappa shape index (κ3) is 1.62. The molecule has 1 aliphatic carbocycles. The van der Waals surface area contributed by atoms with Crippen LogP contribution < -0.4 is 9.47 Å². The maximum atomic E-state index is 10.2. The Hall–Kier alpha value is -2.00. The summed E-state index contributed by atoms with van der Waals surface area (Å²) in [6, 6.07) is 14.1. The number of aliphatic hydroxyl groups excluding tert-OH is 1. The standard InChI is InChI=1S/C16H14O3/c17-14-8-13(11-3-1-2-4-12(11)14)10-5-6-15-16(7-10)19-9-18-15/h1-7,13-14,17H,8-9H2.